The molecule has 3 aromatic rings. The first-order chi connectivity index (χ1) is 13.6. The first-order valence-corrected chi connectivity index (χ1v) is 9.49. The van der Waals surface area contributed by atoms with Gasteiger partial charge < -0.3 is 10.6 Å². The van der Waals surface area contributed by atoms with Crippen molar-refractivity contribution in [1.82, 2.24) is 5.32 Å². The van der Waals surface area contributed by atoms with E-state index in [9.17, 15) is 9.59 Å². The number of hydrogen-bond donors (Lipinski definition) is 2. The lowest BCUT2D eigenvalue weighted by molar-refractivity contribution is 0.0951. The Bertz CT molecular complexity index is 940. The van der Waals surface area contributed by atoms with Crippen LogP contribution in [0.15, 0.2) is 78.9 Å². The van der Waals surface area contributed by atoms with Crippen molar-refractivity contribution in [3.63, 3.8) is 0 Å². The molecule has 4 nitrogen and oxygen atoms in total. The second kappa shape index (κ2) is 9.72. The van der Waals surface area contributed by atoms with Crippen molar-refractivity contribution in [2.24, 2.45) is 0 Å². The number of para-hydroxylation sites is 1. The minimum absolute atomic E-state index is 0.147. The summed E-state index contributed by atoms with van der Waals surface area (Å²) in [5.74, 6) is -0.422. The molecule has 0 fully saturated rings. The van der Waals surface area contributed by atoms with Gasteiger partial charge in [0, 0.05) is 17.7 Å². The van der Waals surface area contributed by atoms with Gasteiger partial charge in [-0.25, -0.2) is 0 Å². The maximum atomic E-state index is 12.3. The summed E-state index contributed by atoms with van der Waals surface area (Å²) < 4.78 is 0. The highest BCUT2D eigenvalue weighted by Crippen LogP contribution is 2.21. The van der Waals surface area contributed by atoms with Gasteiger partial charge in [-0.15, -0.1) is 0 Å². The zero-order valence-electron chi connectivity index (χ0n) is 15.3. The van der Waals surface area contributed by atoms with Gasteiger partial charge in [0.25, 0.3) is 11.8 Å². The Morgan fingerprint density at radius 2 is 1.36 bits per heavy atom. The molecule has 0 aliphatic carbocycles. The maximum absolute atomic E-state index is 12.3. The number of nitrogens with one attached hydrogen (secondary N) is 2. The molecule has 28 heavy (non-hydrogen) atoms. The lowest BCUT2D eigenvalue weighted by Crippen LogP contribution is -2.24. The van der Waals surface area contributed by atoms with Crippen molar-refractivity contribution in [3.8, 4) is 0 Å². The zero-order chi connectivity index (χ0) is 19.8. The van der Waals surface area contributed by atoms with E-state index in [2.05, 4.69) is 22.8 Å². The molecule has 3 aromatic carbocycles. The molecule has 0 saturated heterocycles. The van der Waals surface area contributed by atoms with E-state index in [1.807, 2.05) is 18.2 Å². The van der Waals surface area contributed by atoms with Crippen LogP contribution in [0.3, 0.4) is 0 Å². The highest BCUT2D eigenvalue weighted by molar-refractivity contribution is 6.33. The Morgan fingerprint density at radius 1 is 0.750 bits per heavy atom. The van der Waals surface area contributed by atoms with Gasteiger partial charge in [-0.1, -0.05) is 54.1 Å². The highest BCUT2D eigenvalue weighted by atomic mass is 35.5. The summed E-state index contributed by atoms with van der Waals surface area (Å²) in [4.78, 5) is 24.6. The Labute approximate surface area is 169 Å². The molecule has 142 valence electrons. The molecule has 0 atom stereocenters. The summed E-state index contributed by atoms with van der Waals surface area (Å²) in [5.41, 5.74) is 2.79. The van der Waals surface area contributed by atoms with Crippen molar-refractivity contribution < 1.29 is 9.59 Å². The molecule has 0 aromatic heterocycles. The maximum Gasteiger partial charge on any atom is 0.255 e. The molecule has 2 N–H and O–H groups in total. The summed E-state index contributed by atoms with van der Waals surface area (Å²) in [6, 6.07) is 23.8. The smallest absolute Gasteiger partial charge is 0.255 e. The van der Waals surface area contributed by atoms with Crippen molar-refractivity contribution in [2.75, 3.05) is 11.9 Å². The van der Waals surface area contributed by atoms with Crippen LogP contribution in [0, 0.1) is 0 Å². The predicted octanol–water partition coefficient (Wildman–Crippen LogP) is 4.95. The van der Waals surface area contributed by atoms with Gasteiger partial charge >= 0.3 is 0 Å². The third kappa shape index (κ3) is 5.44. The fraction of sp³-hybridized carbons (Fsp3) is 0.130. The number of rotatable bonds is 7. The van der Waals surface area contributed by atoms with Crippen LogP contribution in [0.5, 0.6) is 0 Å². The van der Waals surface area contributed by atoms with Gasteiger partial charge in [0.15, 0.2) is 0 Å². The molecule has 0 bridgehead atoms. The van der Waals surface area contributed by atoms with E-state index in [1.54, 1.807) is 48.5 Å². The largest absolute Gasteiger partial charge is 0.352 e. The number of halogens is 1. The van der Waals surface area contributed by atoms with E-state index in [-0.39, 0.29) is 11.8 Å². The summed E-state index contributed by atoms with van der Waals surface area (Å²) in [7, 11) is 0. The van der Waals surface area contributed by atoms with Crippen LogP contribution in [0.25, 0.3) is 0 Å². The fourth-order valence-corrected chi connectivity index (χ4v) is 2.95. The predicted molar refractivity (Wildman–Crippen MR) is 113 cm³/mol. The first-order valence-electron chi connectivity index (χ1n) is 9.11. The number of anilines is 1. The Morgan fingerprint density at radius 3 is 2.04 bits per heavy atom. The van der Waals surface area contributed by atoms with E-state index in [4.69, 9.17) is 11.6 Å². The number of hydrogen-bond acceptors (Lipinski definition) is 2. The molecule has 5 heteroatoms. The summed E-state index contributed by atoms with van der Waals surface area (Å²) in [5, 5.41) is 6.14. The normalized spacial score (nSPS) is 10.3. The van der Waals surface area contributed by atoms with Crippen molar-refractivity contribution in [2.45, 2.75) is 12.8 Å². The summed E-state index contributed by atoms with van der Waals surface area (Å²) in [6.45, 7) is 0.600. The van der Waals surface area contributed by atoms with Crippen LogP contribution >= 0.6 is 11.6 Å². The lowest BCUT2D eigenvalue weighted by atomic mass is 10.1. The average Bonchev–Trinajstić information content (AvgIpc) is 2.73. The monoisotopic (exact) mass is 392 g/mol. The van der Waals surface area contributed by atoms with Gasteiger partial charge in [0.2, 0.25) is 0 Å². The molecule has 0 aliphatic heterocycles. The number of carbonyl (C=O) groups excluding carboxylic acids is 2. The van der Waals surface area contributed by atoms with Crippen LogP contribution in [0.1, 0.15) is 32.7 Å². The van der Waals surface area contributed by atoms with E-state index in [0.29, 0.717) is 28.4 Å². The van der Waals surface area contributed by atoms with Gasteiger partial charge in [-0.2, -0.15) is 0 Å². The Kier molecular flexibility index (Phi) is 6.82. The molecule has 2 amide bonds. The van der Waals surface area contributed by atoms with Gasteiger partial charge in [0.05, 0.1) is 10.7 Å². The van der Waals surface area contributed by atoms with E-state index in [0.717, 1.165) is 12.8 Å². The molecule has 0 saturated carbocycles. The van der Waals surface area contributed by atoms with Crippen LogP contribution < -0.4 is 10.6 Å². The molecular formula is C23H21ClN2O2. The van der Waals surface area contributed by atoms with Crippen molar-refractivity contribution in [1.29, 1.82) is 0 Å². The topological polar surface area (TPSA) is 58.2 Å². The minimum Gasteiger partial charge on any atom is -0.352 e. The van der Waals surface area contributed by atoms with Gasteiger partial charge in [-0.3, -0.25) is 9.59 Å². The van der Waals surface area contributed by atoms with Crippen LogP contribution in [0.4, 0.5) is 5.69 Å². The average molecular weight is 393 g/mol. The molecule has 0 spiro atoms. The Balaban J connectivity index is 1.49. The van der Waals surface area contributed by atoms with Crippen LogP contribution in [-0.4, -0.2) is 18.4 Å². The molecule has 0 radical (unpaired) electrons. The van der Waals surface area contributed by atoms with Gasteiger partial charge in [-0.05, 0) is 54.8 Å². The molecular weight excluding hydrogens is 372 g/mol. The zero-order valence-corrected chi connectivity index (χ0v) is 16.1. The first kappa shape index (κ1) is 19.6. The molecule has 0 aliphatic rings. The molecule has 0 unspecified atom stereocenters. The second-order valence-corrected chi connectivity index (χ2v) is 6.76. The third-order valence-electron chi connectivity index (χ3n) is 4.30. The van der Waals surface area contributed by atoms with Crippen LogP contribution in [-0.2, 0) is 6.42 Å². The molecule has 3 rings (SSSR count). The highest BCUT2D eigenvalue weighted by Gasteiger charge is 2.10. The standard InChI is InChI=1S/C23H21ClN2O2/c24-20-10-4-5-11-21(20)26-23(28)19-14-12-18(13-15-19)22(27)25-16-6-9-17-7-2-1-3-8-17/h1-5,7-8,10-15H,6,9,16H2,(H,25,27)(H,26,28). The lowest BCUT2D eigenvalue weighted by Gasteiger charge is -2.08. The fourth-order valence-electron chi connectivity index (χ4n) is 2.77. The number of benzene rings is 3. The molecule has 0 heterocycles. The van der Waals surface area contributed by atoms with Gasteiger partial charge in [0.1, 0.15) is 0 Å². The Hall–Kier alpha value is -3.11. The quantitative estimate of drug-likeness (QED) is 0.558. The second-order valence-electron chi connectivity index (χ2n) is 6.36. The van der Waals surface area contributed by atoms with E-state index >= 15 is 0 Å². The van der Waals surface area contributed by atoms with E-state index < -0.39 is 0 Å². The SMILES string of the molecule is O=C(NCCCc1ccccc1)c1ccc(C(=O)Nc2ccccc2Cl)cc1. The van der Waals surface area contributed by atoms with Crippen molar-refractivity contribution >= 4 is 29.1 Å². The number of amides is 2. The minimum atomic E-state index is -0.275. The number of aryl methyl sites for hydroxylation is 1. The van der Waals surface area contributed by atoms with Crippen LogP contribution in [0.2, 0.25) is 5.02 Å². The summed E-state index contributed by atoms with van der Waals surface area (Å²) >= 11 is 6.05. The summed E-state index contributed by atoms with van der Waals surface area (Å²) in [6.07, 6.45) is 1.79. The third-order valence-corrected chi connectivity index (χ3v) is 4.63. The van der Waals surface area contributed by atoms with Crippen molar-refractivity contribution in [3.05, 3.63) is 101 Å². The number of carbonyl (C=O) groups is 2. The van der Waals surface area contributed by atoms with E-state index in [1.165, 1.54) is 5.56 Å².